The van der Waals surface area contributed by atoms with Gasteiger partial charge in [0.2, 0.25) is 0 Å². The Hall–Kier alpha value is -0.960. The van der Waals surface area contributed by atoms with E-state index in [9.17, 15) is 76.6 Å². The molecule has 0 saturated carbocycles. The monoisotopic (exact) mass is 796 g/mol. The van der Waals surface area contributed by atoms with Crippen LogP contribution in [0.5, 0.6) is 0 Å². The van der Waals surface area contributed by atoms with Crippen LogP contribution in [0.1, 0.15) is 13.8 Å². The Balaban J connectivity index is 1.51. The molecule has 5 aliphatic rings. The second kappa shape index (κ2) is 18.3. The SMILES string of the molecule is C[C@@H]1O[C@@H](O[C@H]2[C@H](O[C@@H]3[C@H](O[C@@H]4O[C@@H](C)[C@@H](O)[C@@H](O)[C@@H]4O)[C@@H](O)C(O)O[C@@H]3CO)O[C@H](CO)[C@H](O)[C@@H]2O[C@H]2O[C@H](CO)[C@H](O)[C@H](O)[C@H]2O)[C@@H](O)[C@H](O)[C@@H]1O. The molecule has 24 heteroatoms. The van der Waals surface area contributed by atoms with E-state index in [0.29, 0.717) is 0 Å². The maximum atomic E-state index is 11.4. The fourth-order valence-corrected chi connectivity index (χ4v) is 6.88. The molecule has 5 rings (SSSR count). The molecule has 0 bridgehead atoms. The number of hydrogen-bond donors (Lipinski definition) is 15. The topological polar surface area (TPSA) is 387 Å². The molecule has 24 nitrogen and oxygen atoms in total. The zero-order valence-corrected chi connectivity index (χ0v) is 28.9. The van der Waals surface area contributed by atoms with Crippen molar-refractivity contribution < 1.29 is 119 Å². The Morgan fingerprint density at radius 3 is 1.19 bits per heavy atom. The summed E-state index contributed by atoms with van der Waals surface area (Å²) in [6.45, 7) is -0.152. The predicted octanol–water partition coefficient (Wildman–Crippen LogP) is -9.87. The molecule has 316 valence electrons. The summed E-state index contributed by atoms with van der Waals surface area (Å²) < 4.78 is 51.3. The first-order valence-electron chi connectivity index (χ1n) is 17.3. The van der Waals surface area contributed by atoms with Gasteiger partial charge in [-0.2, -0.15) is 0 Å². The molecule has 0 aliphatic carbocycles. The predicted molar refractivity (Wildman–Crippen MR) is 164 cm³/mol. The highest BCUT2D eigenvalue weighted by molar-refractivity contribution is 4.99. The molecule has 54 heavy (non-hydrogen) atoms. The van der Waals surface area contributed by atoms with E-state index in [-0.39, 0.29) is 0 Å². The van der Waals surface area contributed by atoms with Crippen molar-refractivity contribution in [3.8, 4) is 0 Å². The lowest BCUT2D eigenvalue weighted by atomic mass is 9.95. The van der Waals surface area contributed by atoms with Crippen molar-refractivity contribution in [2.24, 2.45) is 0 Å². The van der Waals surface area contributed by atoms with E-state index in [4.69, 9.17) is 42.6 Å². The highest BCUT2D eigenvalue weighted by atomic mass is 16.8. The smallest absolute Gasteiger partial charge is 0.187 e. The molecule has 0 amide bonds. The fraction of sp³-hybridized carbons (Fsp3) is 1.00. The lowest BCUT2D eigenvalue weighted by molar-refractivity contribution is -0.411. The van der Waals surface area contributed by atoms with Gasteiger partial charge < -0.3 is 119 Å². The average Bonchev–Trinajstić information content (AvgIpc) is 3.15. The minimum absolute atomic E-state index is 0.875. The molecule has 0 radical (unpaired) electrons. The highest BCUT2D eigenvalue weighted by Crippen LogP contribution is 2.37. The lowest BCUT2D eigenvalue weighted by Gasteiger charge is -2.51. The van der Waals surface area contributed by atoms with Crippen LogP contribution in [0.4, 0.5) is 0 Å². The number of rotatable bonds is 11. The third-order valence-corrected chi connectivity index (χ3v) is 10.2. The van der Waals surface area contributed by atoms with E-state index < -0.39 is 173 Å². The summed E-state index contributed by atoms with van der Waals surface area (Å²) in [6.07, 6.45) is -45.0. The van der Waals surface area contributed by atoms with Gasteiger partial charge in [-0.05, 0) is 13.8 Å². The Labute approximate surface area is 306 Å². The molecule has 0 aromatic rings. The summed E-state index contributed by atoms with van der Waals surface area (Å²) in [5.74, 6) is 0. The Morgan fingerprint density at radius 1 is 0.333 bits per heavy atom. The average molecular weight is 797 g/mol. The zero-order valence-electron chi connectivity index (χ0n) is 28.9. The normalized spacial score (nSPS) is 54.7. The summed E-state index contributed by atoms with van der Waals surface area (Å²) in [6, 6.07) is 0. The molecule has 0 spiro atoms. The molecule has 25 atom stereocenters. The van der Waals surface area contributed by atoms with E-state index >= 15 is 0 Å². The third kappa shape index (κ3) is 8.72. The molecule has 5 aliphatic heterocycles. The number of ether oxygens (including phenoxy) is 9. The van der Waals surface area contributed by atoms with Crippen LogP contribution in [0.3, 0.4) is 0 Å². The summed E-state index contributed by atoms with van der Waals surface area (Å²) in [7, 11) is 0. The number of aliphatic hydroxyl groups is 15. The lowest BCUT2D eigenvalue weighted by Crippen LogP contribution is -2.69. The van der Waals surface area contributed by atoms with E-state index in [1.165, 1.54) is 13.8 Å². The van der Waals surface area contributed by atoms with Gasteiger partial charge in [0.1, 0.15) is 110 Å². The van der Waals surface area contributed by atoms with Gasteiger partial charge >= 0.3 is 0 Å². The van der Waals surface area contributed by atoms with Crippen molar-refractivity contribution >= 4 is 0 Å². The van der Waals surface area contributed by atoms with Gasteiger partial charge in [0.05, 0.1) is 32.0 Å². The second-order valence-corrected chi connectivity index (χ2v) is 13.9. The third-order valence-electron chi connectivity index (χ3n) is 10.2. The second-order valence-electron chi connectivity index (χ2n) is 13.9. The standard InChI is InChI=1S/C30H52O24/c1-6-11(34)15(38)18(41)27(46-6)53-24-21(44)26(45)48-10(5-33)22(24)51-30-25(54-28-19(42)16(39)12(35)7(2)47-28)23(14(37)9(4-32)50-30)52-29-20(43)17(40)13(36)8(3-31)49-29/h6-45H,3-5H2,1-2H3/t6-,7-,8+,9+,10+,11+,12+,13-,14-,15+,16+,17-,18-,19-,20+,21+,22-,23-,24+,25+,26?,27-,28-,29+,30-/m0/s1. The van der Waals surface area contributed by atoms with Gasteiger partial charge in [-0.25, -0.2) is 0 Å². The molecular weight excluding hydrogens is 744 g/mol. The first kappa shape index (κ1) is 44.1. The van der Waals surface area contributed by atoms with Crippen LogP contribution in [0.15, 0.2) is 0 Å². The van der Waals surface area contributed by atoms with E-state index in [0.717, 1.165) is 0 Å². The number of hydrogen-bond acceptors (Lipinski definition) is 24. The minimum Gasteiger partial charge on any atom is -0.394 e. The summed E-state index contributed by atoms with van der Waals surface area (Å²) in [5.41, 5.74) is 0. The Kier molecular flexibility index (Phi) is 15.0. The zero-order chi connectivity index (χ0) is 39.9. The van der Waals surface area contributed by atoms with E-state index in [2.05, 4.69) is 0 Å². The van der Waals surface area contributed by atoms with Crippen LogP contribution in [0, 0.1) is 0 Å². The molecule has 15 N–H and O–H groups in total. The molecular formula is C30H52O24. The quantitative estimate of drug-likeness (QED) is 0.0923. The molecule has 5 fully saturated rings. The molecule has 5 heterocycles. The summed E-state index contributed by atoms with van der Waals surface area (Å²) in [4.78, 5) is 0. The molecule has 5 saturated heterocycles. The van der Waals surface area contributed by atoms with Gasteiger partial charge in [0, 0.05) is 0 Å². The first-order chi connectivity index (χ1) is 25.4. The molecule has 0 aromatic heterocycles. The van der Waals surface area contributed by atoms with Gasteiger partial charge in [-0.15, -0.1) is 0 Å². The van der Waals surface area contributed by atoms with Crippen LogP contribution in [0.25, 0.3) is 0 Å². The molecule has 0 aromatic carbocycles. The van der Waals surface area contributed by atoms with Crippen LogP contribution in [0.2, 0.25) is 0 Å². The minimum atomic E-state index is -2.06. The highest BCUT2D eigenvalue weighted by Gasteiger charge is 2.57. The van der Waals surface area contributed by atoms with Crippen molar-refractivity contribution in [1.29, 1.82) is 0 Å². The van der Waals surface area contributed by atoms with Crippen LogP contribution in [-0.4, -0.2) is 250 Å². The van der Waals surface area contributed by atoms with Crippen molar-refractivity contribution in [3.05, 3.63) is 0 Å². The van der Waals surface area contributed by atoms with Gasteiger partial charge in [-0.3, -0.25) is 0 Å². The van der Waals surface area contributed by atoms with Crippen molar-refractivity contribution in [2.75, 3.05) is 19.8 Å². The maximum Gasteiger partial charge on any atom is 0.187 e. The maximum absolute atomic E-state index is 11.4. The Morgan fingerprint density at radius 2 is 0.704 bits per heavy atom. The van der Waals surface area contributed by atoms with E-state index in [1.807, 2.05) is 0 Å². The first-order valence-corrected chi connectivity index (χ1v) is 17.3. The van der Waals surface area contributed by atoms with Gasteiger partial charge in [0.25, 0.3) is 0 Å². The van der Waals surface area contributed by atoms with E-state index in [1.54, 1.807) is 0 Å². The molecule has 1 unspecified atom stereocenters. The van der Waals surface area contributed by atoms with Crippen molar-refractivity contribution in [1.82, 2.24) is 0 Å². The summed E-state index contributed by atoms with van der Waals surface area (Å²) >= 11 is 0. The largest absolute Gasteiger partial charge is 0.394 e. The van der Waals surface area contributed by atoms with Crippen LogP contribution >= 0.6 is 0 Å². The summed E-state index contributed by atoms with van der Waals surface area (Å²) in [5, 5.41) is 157. The van der Waals surface area contributed by atoms with Gasteiger partial charge in [-0.1, -0.05) is 0 Å². The van der Waals surface area contributed by atoms with Crippen molar-refractivity contribution in [2.45, 2.75) is 167 Å². The fourth-order valence-electron chi connectivity index (χ4n) is 6.88. The number of aliphatic hydroxyl groups excluding tert-OH is 15. The Bertz CT molecular complexity index is 1170. The van der Waals surface area contributed by atoms with Crippen LogP contribution < -0.4 is 0 Å². The van der Waals surface area contributed by atoms with Crippen LogP contribution in [-0.2, 0) is 42.6 Å². The van der Waals surface area contributed by atoms with Gasteiger partial charge in [0.15, 0.2) is 31.5 Å². The van der Waals surface area contributed by atoms with Crippen molar-refractivity contribution in [3.63, 3.8) is 0 Å².